The van der Waals surface area contributed by atoms with Gasteiger partial charge in [-0.2, -0.15) is 0 Å². The Kier molecular flexibility index (Phi) is 6.64. The summed E-state index contributed by atoms with van der Waals surface area (Å²) in [5.41, 5.74) is 16.0. The summed E-state index contributed by atoms with van der Waals surface area (Å²) in [6.07, 6.45) is 1.97. The van der Waals surface area contributed by atoms with Gasteiger partial charge in [-0.1, -0.05) is 0 Å². The summed E-state index contributed by atoms with van der Waals surface area (Å²) >= 11 is 0. The molecule has 0 radical (unpaired) electrons. The number of hydrogen-bond donors (Lipinski definition) is 4. The first kappa shape index (κ1) is 11.4. The first-order valence-corrected chi connectivity index (χ1v) is 4.13. The molecule has 72 valence electrons. The summed E-state index contributed by atoms with van der Waals surface area (Å²) < 4.78 is 0. The van der Waals surface area contributed by atoms with Gasteiger partial charge < -0.3 is 22.5 Å². The van der Waals surface area contributed by atoms with Crippen LogP contribution in [0.15, 0.2) is 0 Å². The van der Waals surface area contributed by atoms with E-state index in [1.807, 2.05) is 0 Å². The van der Waals surface area contributed by atoms with Gasteiger partial charge >= 0.3 is 0 Å². The molecule has 0 aliphatic rings. The zero-order valence-corrected chi connectivity index (χ0v) is 7.25. The van der Waals surface area contributed by atoms with Gasteiger partial charge in [0.1, 0.15) is 0 Å². The van der Waals surface area contributed by atoms with Gasteiger partial charge in [-0.15, -0.1) is 0 Å². The van der Waals surface area contributed by atoms with Crippen molar-refractivity contribution in [1.29, 1.82) is 0 Å². The SMILES string of the molecule is NCCC[C@@H](N)C[13C](=O)[15NH]C[15NH2]. The molecule has 0 aliphatic carbocycles. The lowest BCUT2D eigenvalue weighted by Gasteiger charge is -2.09. The summed E-state index contributed by atoms with van der Waals surface area (Å²) in [5, 5.41) is 2.48. The fourth-order valence-corrected chi connectivity index (χ4v) is 0.906. The van der Waals surface area contributed by atoms with E-state index in [2.05, 4.69) is 5.32 Å². The van der Waals surface area contributed by atoms with Crippen LogP contribution >= 0.6 is 0 Å². The van der Waals surface area contributed by atoms with Gasteiger partial charge in [0.05, 0.1) is 6.67 Å². The molecule has 0 unspecified atom stereocenters. The highest BCUT2D eigenvalue weighted by Crippen LogP contribution is 1.97. The molecule has 0 bridgehead atoms. The second-order valence-corrected chi connectivity index (χ2v) is 2.70. The molecule has 0 rings (SSSR count). The van der Waals surface area contributed by atoms with Crippen molar-refractivity contribution in [2.45, 2.75) is 25.3 Å². The van der Waals surface area contributed by atoms with Crippen LogP contribution in [0.3, 0.4) is 0 Å². The molecule has 5 nitrogen and oxygen atoms in total. The Morgan fingerprint density at radius 1 is 1.42 bits per heavy atom. The quantitative estimate of drug-likeness (QED) is 0.224. The van der Waals surface area contributed by atoms with E-state index in [0.717, 1.165) is 12.8 Å². The average molecular weight is 177 g/mol. The number of nitrogens with two attached hydrogens (primary N) is 3. The normalized spacial score (nSPS) is 12.6. The van der Waals surface area contributed by atoms with E-state index >= 15 is 0 Å². The maximum atomic E-state index is 10.9. The molecule has 1 atom stereocenters. The van der Waals surface area contributed by atoms with Crippen molar-refractivity contribution in [3.05, 3.63) is 0 Å². The molecule has 0 spiro atoms. The minimum absolute atomic E-state index is 0.0954. The molecule has 0 aliphatic heterocycles. The minimum Gasteiger partial charge on any atom is -0.344 e. The van der Waals surface area contributed by atoms with Crippen LogP contribution < -0.4 is 22.5 Å². The number of amides is 1. The third-order valence-electron chi connectivity index (χ3n) is 1.53. The van der Waals surface area contributed by atoms with Crippen molar-refractivity contribution in [3.8, 4) is 0 Å². The van der Waals surface area contributed by atoms with Gasteiger partial charge in [0, 0.05) is 12.5 Å². The zero-order valence-electron chi connectivity index (χ0n) is 7.25. The van der Waals surface area contributed by atoms with E-state index in [1.165, 1.54) is 0 Å². The smallest absolute Gasteiger partial charge is 0.222 e. The van der Waals surface area contributed by atoms with Gasteiger partial charge in [0.25, 0.3) is 0 Å². The van der Waals surface area contributed by atoms with Crippen LogP contribution in [0.4, 0.5) is 0 Å². The lowest BCUT2D eigenvalue weighted by molar-refractivity contribution is -0.121. The summed E-state index contributed by atoms with van der Waals surface area (Å²) in [5.74, 6) is -0.0954. The maximum absolute atomic E-state index is 10.9. The Hall–Kier alpha value is -0.650. The highest BCUT2D eigenvalue weighted by Gasteiger charge is 2.07. The number of rotatable bonds is 6. The summed E-state index contributed by atoms with van der Waals surface area (Å²) in [4.78, 5) is 10.9. The predicted molar refractivity (Wildman–Crippen MR) is 48.1 cm³/mol. The minimum atomic E-state index is -0.0971. The molecular formula is C7H18N4O. The Morgan fingerprint density at radius 2 is 2.08 bits per heavy atom. The molecule has 0 aromatic carbocycles. The van der Waals surface area contributed by atoms with Crippen molar-refractivity contribution in [2.24, 2.45) is 17.2 Å². The Bertz CT molecular complexity index is 129. The summed E-state index contributed by atoms with van der Waals surface area (Å²) in [6, 6.07) is -0.0971. The first-order valence-electron chi connectivity index (χ1n) is 4.13. The largest absolute Gasteiger partial charge is 0.344 e. The number of carbonyl (C=O) groups is 1. The first-order chi connectivity index (χ1) is 5.70. The van der Waals surface area contributed by atoms with E-state index in [-0.39, 0.29) is 18.6 Å². The van der Waals surface area contributed by atoms with Crippen molar-refractivity contribution in [2.75, 3.05) is 13.2 Å². The van der Waals surface area contributed by atoms with E-state index < -0.39 is 0 Å². The summed E-state index contributed by atoms with van der Waals surface area (Å²) in [7, 11) is 0. The van der Waals surface area contributed by atoms with Gasteiger partial charge in [0.2, 0.25) is 5.91 Å². The third-order valence-corrected chi connectivity index (χ3v) is 1.53. The van der Waals surface area contributed by atoms with Gasteiger partial charge in [-0.05, 0) is 19.4 Å². The van der Waals surface area contributed by atoms with Crippen LogP contribution in [-0.4, -0.2) is 25.2 Å². The molecule has 0 heterocycles. The van der Waals surface area contributed by atoms with Gasteiger partial charge in [-0.25, -0.2) is 0 Å². The predicted octanol–water partition coefficient (Wildman–Crippen LogP) is -1.52. The molecule has 0 saturated carbocycles. The molecule has 1 amide bonds. The highest BCUT2D eigenvalue weighted by molar-refractivity contribution is 5.76. The van der Waals surface area contributed by atoms with Crippen LogP contribution in [0.5, 0.6) is 0 Å². The van der Waals surface area contributed by atoms with Crippen LogP contribution in [0.25, 0.3) is 0 Å². The van der Waals surface area contributed by atoms with Crippen LogP contribution in [0, 0.1) is 0 Å². The van der Waals surface area contributed by atoms with Crippen molar-refractivity contribution in [1.82, 2.24) is 5.32 Å². The van der Waals surface area contributed by atoms with Crippen molar-refractivity contribution in [3.63, 3.8) is 0 Å². The second kappa shape index (κ2) is 7.02. The molecule has 0 aromatic rings. The molecule has 0 aromatic heterocycles. The fraction of sp³-hybridized carbons (Fsp3) is 0.857. The molecule has 12 heavy (non-hydrogen) atoms. The molecular weight excluding hydrogens is 159 g/mol. The lowest BCUT2D eigenvalue weighted by Crippen LogP contribution is -2.34. The Labute approximate surface area is 72.7 Å². The van der Waals surface area contributed by atoms with Crippen LogP contribution in [-0.2, 0) is 4.79 Å². The topological polar surface area (TPSA) is 107 Å². The highest BCUT2D eigenvalue weighted by atomic mass is 16.3. The number of hydrogen-bond acceptors (Lipinski definition) is 4. The molecule has 0 fully saturated rings. The van der Waals surface area contributed by atoms with Crippen molar-refractivity contribution >= 4 is 5.91 Å². The lowest BCUT2D eigenvalue weighted by atomic mass is 10.1. The standard InChI is InChI=1S/C7H18N4O/c8-3-1-2-6(10)4-7(12)11-5-9/h6H,1-5,8-10H2,(H,11,12)/t6-/m1/s1/i7+1,9+1,11+1. The van der Waals surface area contributed by atoms with Gasteiger partial charge in [0.15, 0.2) is 0 Å². The van der Waals surface area contributed by atoms with E-state index in [4.69, 9.17) is 17.2 Å². The van der Waals surface area contributed by atoms with Crippen LogP contribution in [0.1, 0.15) is 19.3 Å². The fourth-order valence-electron chi connectivity index (χ4n) is 0.906. The Morgan fingerprint density at radius 3 is 2.58 bits per heavy atom. The Balaban J connectivity index is 3.40. The number of nitrogens with one attached hydrogen (secondary N) is 1. The summed E-state index contributed by atoms with van der Waals surface area (Å²) in [6.45, 7) is 0.786. The van der Waals surface area contributed by atoms with Gasteiger partial charge in [-0.3, -0.25) is 4.79 Å². The van der Waals surface area contributed by atoms with E-state index in [1.54, 1.807) is 0 Å². The van der Waals surface area contributed by atoms with Crippen LogP contribution in [0.2, 0.25) is 0 Å². The molecule has 7 N–H and O–H groups in total. The average Bonchev–Trinajstić information content (AvgIpc) is 2.01. The zero-order chi connectivity index (χ0) is 9.40. The molecule has 5 heteroatoms. The monoisotopic (exact) mass is 177 g/mol. The van der Waals surface area contributed by atoms with Crippen molar-refractivity contribution < 1.29 is 4.79 Å². The maximum Gasteiger partial charge on any atom is 0.222 e. The second-order valence-electron chi connectivity index (χ2n) is 2.70. The van der Waals surface area contributed by atoms with E-state index in [0.29, 0.717) is 13.0 Å². The van der Waals surface area contributed by atoms with E-state index in [9.17, 15) is 4.79 Å². The molecule has 0 saturated heterocycles. The third kappa shape index (κ3) is 6.09. The number of carbonyl (C=O) groups excluding carboxylic acids is 1.